The normalized spacial score (nSPS) is 17.7. The Hall–Kier alpha value is -1.84. The summed E-state index contributed by atoms with van der Waals surface area (Å²) in [5.74, 6) is -0.0750. The number of anilines is 1. The van der Waals surface area contributed by atoms with E-state index in [0.29, 0.717) is 37.6 Å². The molecule has 0 amide bonds. The van der Waals surface area contributed by atoms with Crippen LogP contribution in [0.5, 0.6) is 0 Å². The molecule has 1 fully saturated rings. The van der Waals surface area contributed by atoms with Gasteiger partial charge < -0.3 is 15.7 Å². The van der Waals surface area contributed by atoms with Crippen molar-refractivity contribution in [3.05, 3.63) is 29.8 Å². The Bertz CT molecular complexity index is 626. The minimum atomic E-state index is -3.62. The Labute approximate surface area is 123 Å². The summed E-state index contributed by atoms with van der Waals surface area (Å²) in [4.78, 5) is 0. The van der Waals surface area contributed by atoms with E-state index in [2.05, 4.69) is 5.16 Å². The standard InChI is InChI=1S/C12H18N4O4S/c1-15(21(18,19)16-5-7-20-8-6-16)11-4-2-3-10(9-11)12(13)14-17/h2-4,9,17H,5-8H2,1H3,(H2,13,14). The van der Waals surface area contributed by atoms with Gasteiger partial charge in [-0.3, -0.25) is 4.31 Å². The fourth-order valence-corrected chi connectivity index (χ4v) is 3.34. The molecule has 0 spiro atoms. The molecule has 2 rings (SSSR count). The maximum absolute atomic E-state index is 12.5. The first-order valence-electron chi connectivity index (χ1n) is 6.36. The molecular formula is C12H18N4O4S. The van der Waals surface area contributed by atoms with Gasteiger partial charge in [-0.1, -0.05) is 17.3 Å². The molecule has 116 valence electrons. The van der Waals surface area contributed by atoms with E-state index in [0.717, 1.165) is 0 Å². The summed E-state index contributed by atoms with van der Waals surface area (Å²) < 4.78 is 32.7. The van der Waals surface area contributed by atoms with Crippen LogP contribution < -0.4 is 10.0 Å². The summed E-state index contributed by atoms with van der Waals surface area (Å²) in [7, 11) is -2.15. The average molecular weight is 314 g/mol. The van der Waals surface area contributed by atoms with Gasteiger partial charge in [0.25, 0.3) is 0 Å². The molecule has 8 nitrogen and oxygen atoms in total. The van der Waals surface area contributed by atoms with E-state index in [4.69, 9.17) is 15.7 Å². The number of hydrogen-bond donors (Lipinski definition) is 2. The van der Waals surface area contributed by atoms with Crippen LogP contribution in [0.4, 0.5) is 5.69 Å². The Balaban J connectivity index is 2.28. The van der Waals surface area contributed by atoms with Crippen molar-refractivity contribution in [3.8, 4) is 0 Å². The molecule has 1 aromatic carbocycles. The Kier molecular flexibility index (Phi) is 4.66. The summed E-state index contributed by atoms with van der Waals surface area (Å²) in [6.07, 6.45) is 0. The molecule has 0 aromatic heterocycles. The monoisotopic (exact) mass is 314 g/mol. The number of amidine groups is 1. The number of nitrogens with two attached hydrogens (primary N) is 1. The minimum absolute atomic E-state index is 0.0750. The number of benzene rings is 1. The predicted molar refractivity (Wildman–Crippen MR) is 78.7 cm³/mol. The lowest BCUT2D eigenvalue weighted by Crippen LogP contribution is -2.47. The molecule has 1 aliphatic heterocycles. The first-order valence-corrected chi connectivity index (χ1v) is 7.76. The van der Waals surface area contributed by atoms with Crippen molar-refractivity contribution >= 4 is 21.7 Å². The second-order valence-corrected chi connectivity index (χ2v) is 6.48. The van der Waals surface area contributed by atoms with Crippen LogP contribution in [0.15, 0.2) is 29.4 Å². The van der Waals surface area contributed by atoms with Gasteiger partial charge in [-0.2, -0.15) is 12.7 Å². The number of hydrogen-bond acceptors (Lipinski definition) is 5. The van der Waals surface area contributed by atoms with E-state index in [1.165, 1.54) is 15.7 Å². The van der Waals surface area contributed by atoms with Crippen LogP contribution in [0.1, 0.15) is 5.56 Å². The Morgan fingerprint density at radius 1 is 1.43 bits per heavy atom. The van der Waals surface area contributed by atoms with Gasteiger partial charge in [0.15, 0.2) is 5.84 Å². The number of morpholine rings is 1. The quantitative estimate of drug-likeness (QED) is 0.346. The number of rotatable bonds is 4. The molecule has 0 aliphatic carbocycles. The number of nitrogens with zero attached hydrogens (tertiary/aromatic N) is 3. The molecule has 21 heavy (non-hydrogen) atoms. The summed E-state index contributed by atoms with van der Waals surface area (Å²) in [6, 6.07) is 6.47. The fraction of sp³-hybridized carbons (Fsp3) is 0.417. The second-order valence-electron chi connectivity index (χ2n) is 4.52. The van der Waals surface area contributed by atoms with Crippen molar-refractivity contribution in [3.63, 3.8) is 0 Å². The average Bonchev–Trinajstić information content (AvgIpc) is 2.54. The molecular weight excluding hydrogens is 296 g/mol. The highest BCUT2D eigenvalue weighted by Crippen LogP contribution is 2.20. The molecule has 0 unspecified atom stereocenters. The molecule has 1 saturated heterocycles. The summed E-state index contributed by atoms with van der Waals surface area (Å²) >= 11 is 0. The molecule has 0 bridgehead atoms. The summed E-state index contributed by atoms with van der Waals surface area (Å²) in [6.45, 7) is 1.42. The number of ether oxygens (including phenoxy) is 1. The zero-order chi connectivity index (χ0) is 15.5. The van der Waals surface area contributed by atoms with Gasteiger partial charge >= 0.3 is 10.2 Å². The van der Waals surface area contributed by atoms with Crippen LogP contribution in [-0.4, -0.2) is 57.1 Å². The smallest absolute Gasteiger partial charge is 0.303 e. The van der Waals surface area contributed by atoms with Crippen LogP contribution in [-0.2, 0) is 14.9 Å². The molecule has 3 N–H and O–H groups in total. The predicted octanol–water partition coefficient (Wildman–Crippen LogP) is -0.206. The lowest BCUT2D eigenvalue weighted by atomic mass is 10.2. The van der Waals surface area contributed by atoms with Crippen molar-refractivity contribution in [2.24, 2.45) is 10.9 Å². The van der Waals surface area contributed by atoms with Crippen LogP contribution in [0.2, 0.25) is 0 Å². The molecule has 1 aromatic rings. The molecule has 9 heteroatoms. The second kappa shape index (κ2) is 6.29. The van der Waals surface area contributed by atoms with Crippen LogP contribution >= 0.6 is 0 Å². The largest absolute Gasteiger partial charge is 0.409 e. The maximum atomic E-state index is 12.5. The van der Waals surface area contributed by atoms with Gasteiger partial charge in [-0.25, -0.2) is 0 Å². The molecule has 0 saturated carbocycles. The third-order valence-electron chi connectivity index (χ3n) is 3.26. The van der Waals surface area contributed by atoms with Gasteiger partial charge in [-0.15, -0.1) is 0 Å². The summed E-state index contributed by atoms with van der Waals surface area (Å²) in [5, 5.41) is 11.6. The highest BCUT2D eigenvalue weighted by Gasteiger charge is 2.28. The topological polar surface area (TPSA) is 108 Å². The molecule has 0 atom stereocenters. The SMILES string of the molecule is CN(c1cccc(C(N)=NO)c1)S(=O)(=O)N1CCOCC1. The fourth-order valence-electron chi connectivity index (χ4n) is 2.00. The first kappa shape index (κ1) is 15.5. The van der Waals surface area contributed by atoms with E-state index in [-0.39, 0.29) is 5.84 Å². The Morgan fingerprint density at radius 2 is 2.10 bits per heavy atom. The third kappa shape index (κ3) is 3.26. The van der Waals surface area contributed by atoms with Gasteiger partial charge in [0.2, 0.25) is 0 Å². The van der Waals surface area contributed by atoms with Gasteiger partial charge in [-0.05, 0) is 12.1 Å². The van der Waals surface area contributed by atoms with E-state index >= 15 is 0 Å². The lowest BCUT2D eigenvalue weighted by Gasteiger charge is -2.31. The lowest BCUT2D eigenvalue weighted by molar-refractivity contribution is 0.0730. The molecule has 1 heterocycles. The Morgan fingerprint density at radius 3 is 2.71 bits per heavy atom. The van der Waals surface area contributed by atoms with Crippen LogP contribution in [0.3, 0.4) is 0 Å². The van der Waals surface area contributed by atoms with E-state index in [9.17, 15) is 8.42 Å². The van der Waals surface area contributed by atoms with Crippen molar-refractivity contribution in [1.29, 1.82) is 0 Å². The summed E-state index contributed by atoms with van der Waals surface area (Å²) in [5.41, 5.74) is 6.40. The van der Waals surface area contributed by atoms with Crippen molar-refractivity contribution in [2.45, 2.75) is 0 Å². The van der Waals surface area contributed by atoms with Crippen molar-refractivity contribution < 1.29 is 18.4 Å². The van der Waals surface area contributed by atoms with Gasteiger partial charge in [0, 0.05) is 25.7 Å². The zero-order valence-electron chi connectivity index (χ0n) is 11.6. The zero-order valence-corrected chi connectivity index (χ0v) is 12.5. The highest BCUT2D eigenvalue weighted by atomic mass is 32.2. The highest BCUT2D eigenvalue weighted by molar-refractivity contribution is 7.90. The van der Waals surface area contributed by atoms with Crippen LogP contribution in [0, 0.1) is 0 Å². The third-order valence-corrected chi connectivity index (χ3v) is 5.18. The van der Waals surface area contributed by atoms with Crippen LogP contribution in [0.25, 0.3) is 0 Å². The van der Waals surface area contributed by atoms with Gasteiger partial charge in [0.1, 0.15) is 0 Å². The van der Waals surface area contributed by atoms with Crippen molar-refractivity contribution in [2.75, 3.05) is 37.7 Å². The molecule has 1 aliphatic rings. The van der Waals surface area contributed by atoms with Gasteiger partial charge in [0.05, 0.1) is 18.9 Å². The van der Waals surface area contributed by atoms with Crippen molar-refractivity contribution in [1.82, 2.24) is 4.31 Å². The minimum Gasteiger partial charge on any atom is -0.409 e. The number of oxime groups is 1. The maximum Gasteiger partial charge on any atom is 0.303 e. The molecule has 0 radical (unpaired) electrons. The van der Waals surface area contributed by atoms with E-state index < -0.39 is 10.2 Å². The van der Waals surface area contributed by atoms with E-state index in [1.54, 1.807) is 24.3 Å². The first-order chi connectivity index (χ1) is 9.96. The van der Waals surface area contributed by atoms with E-state index in [1.807, 2.05) is 0 Å².